The normalized spacial score (nSPS) is 45.2. The zero-order chi connectivity index (χ0) is 11.3. The van der Waals surface area contributed by atoms with Crippen LogP contribution in [-0.4, -0.2) is 5.78 Å². The molecule has 0 heterocycles. The van der Waals surface area contributed by atoms with E-state index in [4.69, 9.17) is 0 Å². The number of ketones is 1. The molecule has 0 spiro atoms. The van der Waals surface area contributed by atoms with Crippen molar-refractivity contribution < 1.29 is 4.79 Å². The van der Waals surface area contributed by atoms with Crippen LogP contribution in [0.1, 0.15) is 53.4 Å². The number of fused-ring (bicyclic) bond motifs is 2. The molecule has 2 aliphatic carbocycles. The fourth-order valence-electron chi connectivity index (χ4n) is 3.78. The monoisotopic (exact) mass is 206 g/mol. The molecule has 0 amide bonds. The van der Waals surface area contributed by atoms with Crippen molar-refractivity contribution >= 4 is 5.78 Å². The number of allylic oxidation sites excluding steroid dienone is 2. The average molecular weight is 206 g/mol. The van der Waals surface area contributed by atoms with Gasteiger partial charge in [0.05, 0.1) is 0 Å². The molecule has 0 aromatic heterocycles. The van der Waals surface area contributed by atoms with Gasteiger partial charge >= 0.3 is 0 Å². The molecule has 0 aliphatic heterocycles. The molecule has 1 heteroatoms. The van der Waals surface area contributed by atoms with E-state index in [0.717, 1.165) is 25.7 Å². The Bertz CT molecular complexity index is 328. The van der Waals surface area contributed by atoms with Crippen LogP contribution in [0.3, 0.4) is 0 Å². The third-order valence-corrected chi connectivity index (χ3v) is 4.70. The molecule has 0 aromatic rings. The molecule has 0 radical (unpaired) electrons. The number of hydrogen-bond acceptors (Lipinski definition) is 1. The maximum absolute atomic E-state index is 12.5. The first-order valence-electron chi connectivity index (χ1n) is 6.13. The van der Waals surface area contributed by atoms with Crippen LogP contribution in [0.25, 0.3) is 0 Å². The Labute approximate surface area is 92.9 Å². The van der Waals surface area contributed by atoms with Crippen molar-refractivity contribution in [2.45, 2.75) is 53.4 Å². The fraction of sp³-hybridized carbons (Fsp3) is 0.786. The number of rotatable bonds is 1. The summed E-state index contributed by atoms with van der Waals surface area (Å²) in [6.45, 7) is 8.76. The average Bonchev–Trinajstić information content (AvgIpc) is 2.32. The molecule has 2 bridgehead atoms. The van der Waals surface area contributed by atoms with Crippen molar-refractivity contribution in [1.29, 1.82) is 0 Å². The van der Waals surface area contributed by atoms with Gasteiger partial charge in [-0.05, 0) is 32.1 Å². The van der Waals surface area contributed by atoms with E-state index in [1.54, 1.807) is 0 Å². The Balaban J connectivity index is 2.46. The number of hydrogen-bond donors (Lipinski definition) is 0. The highest BCUT2D eigenvalue weighted by molar-refractivity contribution is 5.93. The van der Waals surface area contributed by atoms with Gasteiger partial charge in [0.2, 0.25) is 0 Å². The van der Waals surface area contributed by atoms with Crippen LogP contribution in [-0.2, 0) is 4.79 Å². The van der Waals surface area contributed by atoms with Gasteiger partial charge in [0.25, 0.3) is 0 Å². The fourth-order valence-corrected chi connectivity index (χ4v) is 3.78. The lowest BCUT2D eigenvalue weighted by atomic mass is 9.73. The van der Waals surface area contributed by atoms with Gasteiger partial charge in [0.15, 0.2) is 0 Å². The highest BCUT2D eigenvalue weighted by atomic mass is 16.1. The maximum Gasteiger partial charge on any atom is 0.145 e. The van der Waals surface area contributed by atoms with Gasteiger partial charge in [-0.2, -0.15) is 0 Å². The Morgan fingerprint density at radius 2 is 2.13 bits per heavy atom. The van der Waals surface area contributed by atoms with Gasteiger partial charge in [-0.15, -0.1) is 0 Å². The number of carbonyl (C=O) groups is 1. The van der Waals surface area contributed by atoms with E-state index in [9.17, 15) is 4.79 Å². The standard InChI is InChI=1S/C14H22O/c1-5-11-9-13(3)7-6-10(2)8-14(11,4)12(13)15/h6,11H,5,7-9H2,1-4H3/t11-,13-,14+/m1/s1. The number of Topliss-reactive ketones (excluding diaryl/α,β-unsaturated/α-hetero) is 1. The molecule has 0 unspecified atom stereocenters. The zero-order valence-electron chi connectivity index (χ0n) is 10.4. The Kier molecular flexibility index (Phi) is 2.33. The van der Waals surface area contributed by atoms with Crippen molar-refractivity contribution in [2.75, 3.05) is 0 Å². The lowest BCUT2D eigenvalue weighted by Gasteiger charge is -2.29. The summed E-state index contributed by atoms with van der Waals surface area (Å²) in [5.74, 6) is 1.12. The molecule has 2 rings (SSSR count). The molecular formula is C14H22O. The van der Waals surface area contributed by atoms with Gasteiger partial charge in [-0.1, -0.05) is 38.8 Å². The van der Waals surface area contributed by atoms with Gasteiger partial charge in [0, 0.05) is 10.8 Å². The molecule has 0 N–H and O–H groups in total. The highest BCUT2D eigenvalue weighted by Gasteiger charge is 2.56. The molecule has 1 nitrogen and oxygen atoms in total. The first-order valence-corrected chi connectivity index (χ1v) is 6.13. The molecule has 84 valence electrons. The second-order valence-electron chi connectivity index (χ2n) is 6.05. The SMILES string of the molecule is CC[C@@H]1C[C@@]2(C)CC=C(C)C[C@]1(C)C2=O. The lowest BCUT2D eigenvalue weighted by molar-refractivity contribution is -0.132. The summed E-state index contributed by atoms with van der Waals surface area (Å²) in [7, 11) is 0. The second-order valence-corrected chi connectivity index (χ2v) is 6.05. The molecule has 3 atom stereocenters. The van der Waals surface area contributed by atoms with Crippen LogP contribution >= 0.6 is 0 Å². The summed E-state index contributed by atoms with van der Waals surface area (Å²) in [6, 6.07) is 0. The third-order valence-electron chi connectivity index (χ3n) is 4.70. The van der Waals surface area contributed by atoms with Gasteiger partial charge in [0.1, 0.15) is 5.78 Å². The second kappa shape index (κ2) is 3.20. The minimum absolute atomic E-state index is 0.0623. The van der Waals surface area contributed by atoms with Crippen LogP contribution in [0.4, 0.5) is 0 Å². The molecule has 0 saturated heterocycles. The van der Waals surface area contributed by atoms with E-state index in [2.05, 4.69) is 33.8 Å². The Morgan fingerprint density at radius 3 is 2.73 bits per heavy atom. The van der Waals surface area contributed by atoms with E-state index in [-0.39, 0.29) is 10.8 Å². The van der Waals surface area contributed by atoms with Crippen molar-refractivity contribution in [3.63, 3.8) is 0 Å². The molecule has 0 aromatic carbocycles. The van der Waals surface area contributed by atoms with Gasteiger partial charge in [-0.25, -0.2) is 0 Å². The zero-order valence-corrected chi connectivity index (χ0v) is 10.4. The molecule has 2 aliphatic rings. The van der Waals surface area contributed by atoms with Gasteiger partial charge in [-0.3, -0.25) is 4.79 Å². The minimum atomic E-state index is -0.0689. The number of carbonyl (C=O) groups excluding carboxylic acids is 1. The van der Waals surface area contributed by atoms with E-state index in [0.29, 0.717) is 11.7 Å². The Hall–Kier alpha value is -0.590. The smallest absolute Gasteiger partial charge is 0.145 e. The highest BCUT2D eigenvalue weighted by Crippen LogP contribution is 2.57. The van der Waals surface area contributed by atoms with Crippen molar-refractivity contribution in [1.82, 2.24) is 0 Å². The predicted molar refractivity (Wildman–Crippen MR) is 62.6 cm³/mol. The quantitative estimate of drug-likeness (QED) is 0.597. The van der Waals surface area contributed by atoms with Crippen LogP contribution in [0, 0.1) is 16.7 Å². The topological polar surface area (TPSA) is 17.1 Å². The molecule has 1 fully saturated rings. The third kappa shape index (κ3) is 1.39. The summed E-state index contributed by atoms with van der Waals surface area (Å²) >= 11 is 0. The summed E-state index contributed by atoms with van der Waals surface area (Å²) in [4.78, 5) is 12.5. The minimum Gasteiger partial charge on any atom is -0.298 e. The van der Waals surface area contributed by atoms with Crippen molar-refractivity contribution in [3.05, 3.63) is 11.6 Å². The van der Waals surface area contributed by atoms with Gasteiger partial charge < -0.3 is 0 Å². The van der Waals surface area contributed by atoms with E-state index in [1.807, 2.05) is 0 Å². The van der Waals surface area contributed by atoms with E-state index < -0.39 is 0 Å². The van der Waals surface area contributed by atoms with E-state index >= 15 is 0 Å². The largest absolute Gasteiger partial charge is 0.298 e. The summed E-state index contributed by atoms with van der Waals surface area (Å²) in [5.41, 5.74) is 1.28. The van der Waals surface area contributed by atoms with Crippen molar-refractivity contribution in [3.8, 4) is 0 Å². The summed E-state index contributed by atoms with van der Waals surface area (Å²) in [6.07, 6.45) is 6.48. The van der Waals surface area contributed by atoms with Crippen LogP contribution in [0.2, 0.25) is 0 Å². The Morgan fingerprint density at radius 1 is 1.47 bits per heavy atom. The molecule has 15 heavy (non-hydrogen) atoms. The van der Waals surface area contributed by atoms with Crippen molar-refractivity contribution in [2.24, 2.45) is 16.7 Å². The summed E-state index contributed by atoms with van der Waals surface area (Å²) < 4.78 is 0. The maximum atomic E-state index is 12.5. The van der Waals surface area contributed by atoms with Crippen LogP contribution in [0.5, 0.6) is 0 Å². The molecular weight excluding hydrogens is 184 g/mol. The lowest BCUT2D eigenvalue weighted by Crippen LogP contribution is -2.32. The van der Waals surface area contributed by atoms with Crippen LogP contribution < -0.4 is 0 Å². The van der Waals surface area contributed by atoms with Crippen LogP contribution in [0.15, 0.2) is 11.6 Å². The first-order chi connectivity index (χ1) is 6.92. The first kappa shape index (κ1) is 10.9. The van der Waals surface area contributed by atoms with E-state index in [1.165, 1.54) is 5.57 Å². The predicted octanol–water partition coefficient (Wildman–Crippen LogP) is 3.74. The summed E-state index contributed by atoms with van der Waals surface area (Å²) in [5, 5.41) is 0. The molecule has 1 saturated carbocycles.